The lowest BCUT2D eigenvalue weighted by Gasteiger charge is -2.13. The summed E-state index contributed by atoms with van der Waals surface area (Å²) in [6.45, 7) is 1.87. The van der Waals surface area contributed by atoms with Crippen molar-refractivity contribution in [2.24, 2.45) is 5.73 Å². The molecule has 0 saturated heterocycles. The Morgan fingerprint density at radius 2 is 2.05 bits per heavy atom. The number of rotatable bonds is 3. The molecule has 4 N–H and O–H groups in total. The van der Waals surface area contributed by atoms with E-state index >= 15 is 0 Å². The molecule has 4 nitrogen and oxygen atoms in total. The molecular weight excluding hydrogens is 399 g/mol. The maximum absolute atomic E-state index is 12.3. The first-order chi connectivity index (χ1) is 9.90. The SMILES string of the molecule is Cc1cccc(NC(=O)c2cc(I)ccc2O)c1C(N)=S. The van der Waals surface area contributed by atoms with E-state index in [-0.39, 0.29) is 16.3 Å². The number of carbonyl (C=O) groups excluding carboxylic acids is 1. The summed E-state index contributed by atoms with van der Waals surface area (Å²) < 4.78 is 0.856. The lowest BCUT2D eigenvalue weighted by molar-refractivity contribution is 0.102. The maximum Gasteiger partial charge on any atom is 0.259 e. The second-order valence-electron chi connectivity index (χ2n) is 4.48. The molecule has 2 rings (SSSR count). The minimum atomic E-state index is -0.408. The molecule has 2 aromatic rings. The normalized spacial score (nSPS) is 10.2. The van der Waals surface area contributed by atoms with Gasteiger partial charge in [-0.05, 0) is 59.3 Å². The number of halogens is 1. The predicted octanol–water partition coefficient (Wildman–Crippen LogP) is 3.19. The minimum absolute atomic E-state index is 0.0718. The highest BCUT2D eigenvalue weighted by molar-refractivity contribution is 14.1. The van der Waals surface area contributed by atoms with E-state index in [1.165, 1.54) is 6.07 Å². The Hall–Kier alpha value is -1.67. The molecule has 0 aliphatic heterocycles. The molecule has 2 aromatic carbocycles. The highest BCUT2D eigenvalue weighted by Crippen LogP contribution is 2.24. The van der Waals surface area contributed by atoms with E-state index in [1.807, 2.05) is 13.0 Å². The van der Waals surface area contributed by atoms with Crippen LogP contribution in [-0.4, -0.2) is 16.0 Å². The van der Waals surface area contributed by atoms with Crippen LogP contribution < -0.4 is 11.1 Å². The maximum atomic E-state index is 12.3. The van der Waals surface area contributed by atoms with Crippen LogP contribution in [0.1, 0.15) is 21.5 Å². The largest absolute Gasteiger partial charge is 0.507 e. The van der Waals surface area contributed by atoms with Gasteiger partial charge in [-0.1, -0.05) is 24.4 Å². The van der Waals surface area contributed by atoms with Crippen LogP contribution in [0.4, 0.5) is 5.69 Å². The molecule has 0 unspecified atom stereocenters. The first-order valence-electron chi connectivity index (χ1n) is 6.09. The van der Waals surface area contributed by atoms with Crippen molar-refractivity contribution >= 4 is 51.4 Å². The number of amides is 1. The number of nitrogens with one attached hydrogen (secondary N) is 1. The van der Waals surface area contributed by atoms with Crippen molar-refractivity contribution in [1.82, 2.24) is 0 Å². The fraction of sp³-hybridized carbons (Fsp3) is 0.0667. The summed E-state index contributed by atoms with van der Waals surface area (Å²) in [5.74, 6) is -0.480. The average Bonchev–Trinajstić information content (AvgIpc) is 2.41. The second-order valence-corrected chi connectivity index (χ2v) is 6.16. The Morgan fingerprint density at radius 3 is 2.71 bits per heavy atom. The monoisotopic (exact) mass is 412 g/mol. The number of aromatic hydroxyl groups is 1. The van der Waals surface area contributed by atoms with Crippen LogP contribution in [0, 0.1) is 10.5 Å². The van der Waals surface area contributed by atoms with Crippen molar-refractivity contribution in [3.8, 4) is 5.75 Å². The summed E-state index contributed by atoms with van der Waals surface area (Å²) in [6.07, 6.45) is 0. The van der Waals surface area contributed by atoms with Crippen molar-refractivity contribution in [2.45, 2.75) is 6.92 Å². The van der Waals surface area contributed by atoms with E-state index in [2.05, 4.69) is 27.9 Å². The van der Waals surface area contributed by atoms with Gasteiger partial charge in [-0.3, -0.25) is 4.79 Å². The molecule has 0 radical (unpaired) electrons. The highest BCUT2D eigenvalue weighted by Gasteiger charge is 2.15. The zero-order chi connectivity index (χ0) is 15.6. The Balaban J connectivity index is 2.39. The number of aryl methyl sites for hydroxylation is 1. The van der Waals surface area contributed by atoms with Gasteiger partial charge in [0.15, 0.2) is 0 Å². The molecule has 0 heterocycles. The average molecular weight is 412 g/mol. The van der Waals surface area contributed by atoms with E-state index in [0.717, 1.165) is 9.13 Å². The van der Waals surface area contributed by atoms with Gasteiger partial charge in [0.05, 0.1) is 11.3 Å². The Labute approximate surface area is 141 Å². The Kier molecular flexibility index (Phi) is 4.79. The zero-order valence-electron chi connectivity index (χ0n) is 11.2. The number of hydrogen-bond donors (Lipinski definition) is 3. The van der Waals surface area contributed by atoms with Crippen LogP contribution in [0.25, 0.3) is 0 Å². The predicted molar refractivity (Wildman–Crippen MR) is 95.8 cm³/mol. The summed E-state index contributed by atoms with van der Waals surface area (Å²) in [5, 5.41) is 12.5. The van der Waals surface area contributed by atoms with Gasteiger partial charge >= 0.3 is 0 Å². The summed E-state index contributed by atoms with van der Waals surface area (Å²) in [4.78, 5) is 12.5. The molecule has 21 heavy (non-hydrogen) atoms. The van der Waals surface area contributed by atoms with E-state index in [4.69, 9.17) is 18.0 Å². The molecule has 0 aromatic heterocycles. The third-order valence-electron chi connectivity index (χ3n) is 2.97. The van der Waals surface area contributed by atoms with Crippen molar-refractivity contribution in [3.63, 3.8) is 0 Å². The number of carbonyl (C=O) groups is 1. The molecule has 0 atom stereocenters. The van der Waals surface area contributed by atoms with Crippen LogP contribution in [0.5, 0.6) is 5.75 Å². The van der Waals surface area contributed by atoms with Crippen LogP contribution in [0.2, 0.25) is 0 Å². The lowest BCUT2D eigenvalue weighted by Crippen LogP contribution is -2.19. The van der Waals surface area contributed by atoms with E-state index < -0.39 is 5.91 Å². The molecule has 1 amide bonds. The van der Waals surface area contributed by atoms with E-state index in [0.29, 0.717) is 11.3 Å². The van der Waals surface area contributed by atoms with Gasteiger partial charge < -0.3 is 16.2 Å². The molecule has 0 saturated carbocycles. The number of nitrogens with two attached hydrogens (primary N) is 1. The number of phenolic OH excluding ortho intramolecular Hbond substituents is 1. The van der Waals surface area contributed by atoms with Crippen LogP contribution in [0.3, 0.4) is 0 Å². The van der Waals surface area contributed by atoms with Crippen LogP contribution in [-0.2, 0) is 0 Å². The molecule has 108 valence electrons. The first kappa shape index (κ1) is 15.7. The van der Waals surface area contributed by atoms with E-state index in [1.54, 1.807) is 24.3 Å². The number of thiocarbonyl (C=S) groups is 1. The van der Waals surface area contributed by atoms with Crippen molar-refractivity contribution in [2.75, 3.05) is 5.32 Å². The molecule has 6 heteroatoms. The van der Waals surface area contributed by atoms with Gasteiger partial charge in [-0.2, -0.15) is 0 Å². The van der Waals surface area contributed by atoms with Gasteiger partial charge in [0, 0.05) is 9.13 Å². The quantitative estimate of drug-likeness (QED) is 0.535. The molecule has 0 bridgehead atoms. The highest BCUT2D eigenvalue weighted by atomic mass is 127. The standard InChI is InChI=1S/C15H13IN2O2S/c1-8-3-2-4-11(13(8)14(17)21)18-15(20)10-7-9(16)5-6-12(10)19/h2-7,19H,1H3,(H2,17,21)(H,18,20). The second kappa shape index (κ2) is 6.40. The number of anilines is 1. The number of hydrogen-bond acceptors (Lipinski definition) is 3. The topological polar surface area (TPSA) is 75.3 Å². The smallest absolute Gasteiger partial charge is 0.259 e. The summed E-state index contributed by atoms with van der Waals surface area (Å²) in [7, 11) is 0. The summed E-state index contributed by atoms with van der Waals surface area (Å²) in [6, 6.07) is 10.2. The molecule has 0 fully saturated rings. The third-order valence-corrected chi connectivity index (χ3v) is 3.85. The first-order valence-corrected chi connectivity index (χ1v) is 7.58. The molecule has 0 spiro atoms. The minimum Gasteiger partial charge on any atom is -0.507 e. The van der Waals surface area contributed by atoms with Crippen molar-refractivity contribution < 1.29 is 9.90 Å². The van der Waals surface area contributed by atoms with Crippen LogP contribution >= 0.6 is 34.8 Å². The molecular formula is C15H13IN2O2S. The zero-order valence-corrected chi connectivity index (χ0v) is 14.2. The Morgan fingerprint density at radius 1 is 1.33 bits per heavy atom. The van der Waals surface area contributed by atoms with Gasteiger partial charge in [0.2, 0.25) is 0 Å². The van der Waals surface area contributed by atoms with Gasteiger partial charge in [0.1, 0.15) is 10.7 Å². The summed E-state index contributed by atoms with van der Waals surface area (Å²) >= 11 is 7.11. The Bertz CT molecular complexity index is 732. The third kappa shape index (κ3) is 3.51. The van der Waals surface area contributed by atoms with Gasteiger partial charge in [-0.15, -0.1) is 0 Å². The number of phenols is 1. The molecule has 0 aliphatic carbocycles. The molecule has 0 aliphatic rings. The van der Waals surface area contributed by atoms with Gasteiger partial charge in [-0.25, -0.2) is 0 Å². The fourth-order valence-electron chi connectivity index (χ4n) is 1.98. The number of benzene rings is 2. The van der Waals surface area contributed by atoms with Crippen LogP contribution in [0.15, 0.2) is 36.4 Å². The van der Waals surface area contributed by atoms with Crippen molar-refractivity contribution in [1.29, 1.82) is 0 Å². The lowest BCUT2D eigenvalue weighted by atomic mass is 10.1. The van der Waals surface area contributed by atoms with Gasteiger partial charge in [0.25, 0.3) is 5.91 Å². The summed E-state index contributed by atoms with van der Waals surface area (Å²) in [5.41, 5.74) is 7.96. The fourth-order valence-corrected chi connectivity index (χ4v) is 2.74. The van der Waals surface area contributed by atoms with E-state index in [9.17, 15) is 9.90 Å². The van der Waals surface area contributed by atoms with Crippen molar-refractivity contribution in [3.05, 3.63) is 56.7 Å².